The molecule has 1 aromatic carbocycles. The van der Waals surface area contributed by atoms with Crippen LogP contribution in [-0.2, 0) is 23.7 Å². The summed E-state index contributed by atoms with van der Waals surface area (Å²) in [5.41, 5.74) is -1.91. The van der Waals surface area contributed by atoms with Crippen LogP contribution >= 0.6 is 0 Å². The molecule has 1 aromatic rings. The van der Waals surface area contributed by atoms with E-state index in [-0.39, 0.29) is 19.4 Å². The highest BCUT2D eigenvalue weighted by Gasteiger charge is 2.94. The van der Waals surface area contributed by atoms with Crippen LogP contribution in [0.3, 0.4) is 0 Å². The molecule has 2 saturated carbocycles. The van der Waals surface area contributed by atoms with E-state index in [1.807, 2.05) is 0 Å². The number of esters is 1. The Labute approximate surface area is 194 Å². The summed E-state index contributed by atoms with van der Waals surface area (Å²) in [7, 11) is 0. The molecular formula is C23H28O11. The molecule has 11 unspecified atom stereocenters. The molecule has 0 radical (unpaired) electrons. The van der Waals surface area contributed by atoms with Crippen LogP contribution in [0.1, 0.15) is 30.1 Å². The minimum atomic E-state index is -1.63. The first-order valence-electron chi connectivity index (χ1n) is 11.4. The lowest BCUT2D eigenvalue weighted by Crippen LogP contribution is -2.81. The molecule has 5 N–H and O–H groups in total. The second-order valence-electron chi connectivity index (χ2n) is 10.1. The van der Waals surface area contributed by atoms with Crippen molar-refractivity contribution >= 4 is 5.97 Å². The number of aliphatic hydroxyl groups excluding tert-OH is 4. The maximum absolute atomic E-state index is 12.7. The van der Waals surface area contributed by atoms with Crippen molar-refractivity contribution in [2.75, 3.05) is 13.2 Å². The highest BCUT2D eigenvalue weighted by atomic mass is 16.8. The van der Waals surface area contributed by atoms with Gasteiger partial charge in [0.05, 0.1) is 23.7 Å². The maximum atomic E-state index is 12.7. The van der Waals surface area contributed by atoms with Crippen molar-refractivity contribution in [3.8, 4) is 0 Å². The van der Waals surface area contributed by atoms with Crippen LogP contribution < -0.4 is 0 Å². The van der Waals surface area contributed by atoms with Crippen molar-refractivity contribution in [2.45, 2.75) is 73.8 Å². The van der Waals surface area contributed by atoms with E-state index in [9.17, 15) is 30.3 Å². The van der Waals surface area contributed by atoms with E-state index in [0.717, 1.165) is 0 Å². The maximum Gasteiger partial charge on any atom is 0.338 e. The summed E-state index contributed by atoms with van der Waals surface area (Å²) in [6, 6.07) is 8.49. The van der Waals surface area contributed by atoms with Gasteiger partial charge in [-0.3, -0.25) is 0 Å². The zero-order valence-corrected chi connectivity index (χ0v) is 18.4. The minimum absolute atomic E-state index is 0.130. The van der Waals surface area contributed by atoms with E-state index >= 15 is 0 Å². The topological polar surface area (TPSA) is 164 Å². The molecule has 0 aromatic heterocycles. The van der Waals surface area contributed by atoms with E-state index in [1.54, 1.807) is 37.3 Å². The van der Waals surface area contributed by atoms with Gasteiger partial charge in [-0.15, -0.1) is 0 Å². The van der Waals surface area contributed by atoms with Gasteiger partial charge in [-0.25, -0.2) is 4.79 Å². The Morgan fingerprint density at radius 1 is 1.12 bits per heavy atom. The van der Waals surface area contributed by atoms with Crippen molar-refractivity contribution in [1.82, 2.24) is 0 Å². The van der Waals surface area contributed by atoms with E-state index in [0.29, 0.717) is 5.56 Å². The number of hydrogen-bond acceptors (Lipinski definition) is 11. The lowest BCUT2D eigenvalue weighted by Gasteiger charge is -2.68. The van der Waals surface area contributed by atoms with Crippen LogP contribution in [0.5, 0.6) is 0 Å². The van der Waals surface area contributed by atoms with E-state index < -0.39 is 77.9 Å². The molecule has 11 atom stereocenters. The van der Waals surface area contributed by atoms with E-state index in [4.69, 9.17) is 23.7 Å². The summed E-state index contributed by atoms with van der Waals surface area (Å²) >= 11 is 0. The molecular weight excluding hydrogens is 452 g/mol. The lowest BCUT2D eigenvalue weighted by molar-refractivity contribution is -0.497. The van der Waals surface area contributed by atoms with Gasteiger partial charge in [-0.05, 0) is 25.5 Å². The third-order valence-corrected chi connectivity index (χ3v) is 8.55. The third kappa shape index (κ3) is 2.59. The fraction of sp³-hybridized carbons (Fsp3) is 0.696. The Morgan fingerprint density at radius 3 is 2.56 bits per heavy atom. The van der Waals surface area contributed by atoms with Crippen molar-refractivity contribution in [2.24, 2.45) is 11.3 Å². The fourth-order valence-corrected chi connectivity index (χ4v) is 6.91. The zero-order valence-electron chi connectivity index (χ0n) is 18.4. The lowest BCUT2D eigenvalue weighted by atomic mass is 9.47. The van der Waals surface area contributed by atoms with Crippen LogP contribution in [0.15, 0.2) is 30.3 Å². The smallest absolute Gasteiger partial charge is 0.338 e. The number of aliphatic hydroxyl groups is 5. The minimum Gasteiger partial charge on any atom is -0.461 e. The Morgan fingerprint density at radius 2 is 1.85 bits per heavy atom. The van der Waals surface area contributed by atoms with Crippen LogP contribution in [-0.4, -0.2) is 98.7 Å². The van der Waals surface area contributed by atoms with E-state index in [1.165, 1.54) is 0 Å². The highest BCUT2D eigenvalue weighted by Crippen LogP contribution is 2.81. The van der Waals surface area contributed by atoms with Crippen molar-refractivity contribution < 1.29 is 54.0 Å². The van der Waals surface area contributed by atoms with Crippen molar-refractivity contribution in [3.05, 3.63) is 35.9 Å². The van der Waals surface area contributed by atoms with Gasteiger partial charge < -0.3 is 49.2 Å². The molecule has 6 bridgehead atoms. The monoisotopic (exact) mass is 480 g/mol. The second kappa shape index (κ2) is 7.19. The Balaban J connectivity index is 1.32. The van der Waals surface area contributed by atoms with Crippen LogP contribution in [0, 0.1) is 11.3 Å². The number of ether oxygens (including phenoxy) is 5. The molecule has 0 amide bonds. The molecule has 5 saturated heterocycles. The van der Waals surface area contributed by atoms with Gasteiger partial charge in [0.15, 0.2) is 17.9 Å². The van der Waals surface area contributed by atoms with Gasteiger partial charge in [0.2, 0.25) is 0 Å². The summed E-state index contributed by atoms with van der Waals surface area (Å²) in [6.45, 7) is 0.881. The van der Waals surface area contributed by atoms with Gasteiger partial charge in [0.1, 0.15) is 36.6 Å². The van der Waals surface area contributed by atoms with Gasteiger partial charge in [0.25, 0.3) is 0 Å². The van der Waals surface area contributed by atoms with Crippen LogP contribution in [0.25, 0.3) is 0 Å². The number of carbonyl (C=O) groups is 1. The fourth-order valence-electron chi connectivity index (χ4n) is 6.91. The molecule has 5 heterocycles. The third-order valence-electron chi connectivity index (χ3n) is 8.55. The predicted molar refractivity (Wildman–Crippen MR) is 109 cm³/mol. The average molecular weight is 480 g/mol. The second-order valence-corrected chi connectivity index (χ2v) is 10.1. The summed E-state index contributed by atoms with van der Waals surface area (Å²) in [6.07, 6.45) is -7.49. The van der Waals surface area contributed by atoms with E-state index in [2.05, 4.69) is 0 Å². The summed E-state index contributed by atoms with van der Waals surface area (Å²) in [5.74, 6) is -3.93. The molecule has 7 fully saturated rings. The van der Waals surface area contributed by atoms with Gasteiger partial charge in [-0.1, -0.05) is 18.2 Å². The molecule has 2 aliphatic carbocycles. The number of rotatable bonds is 6. The largest absolute Gasteiger partial charge is 0.461 e. The van der Waals surface area contributed by atoms with Crippen LogP contribution in [0.4, 0.5) is 0 Å². The molecule has 34 heavy (non-hydrogen) atoms. The quantitative estimate of drug-likeness (QED) is 0.306. The average Bonchev–Trinajstić information content (AvgIpc) is 3.00. The molecule has 8 rings (SSSR count). The van der Waals surface area contributed by atoms with Gasteiger partial charge in [-0.2, -0.15) is 0 Å². The molecule has 7 aliphatic rings. The first kappa shape index (κ1) is 22.8. The number of hydrogen-bond donors (Lipinski definition) is 5. The Kier molecular flexibility index (Phi) is 4.81. The summed E-state index contributed by atoms with van der Waals surface area (Å²) in [5, 5.41) is 51.7. The molecule has 186 valence electrons. The standard InChI is InChI=1S/C23H28O11/c1-20-23(33-19-17(27)16(26)15(25)12(9-24)31-19)7-13-21(23,14(32-20)8-22(13,29)34-20)10-30-18(28)11-5-3-2-4-6-11/h2-6,12-17,19,24-27,29H,7-10H2,1H3. The number of benzene rings is 1. The number of carbonyl (C=O) groups excluding carboxylic acids is 1. The van der Waals surface area contributed by atoms with Crippen molar-refractivity contribution in [3.63, 3.8) is 0 Å². The molecule has 11 nitrogen and oxygen atoms in total. The predicted octanol–water partition coefficient (Wildman–Crippen LogP) is -1.36. The molecule has 0 spiro atoms. The summed E-state index contributed by atoms with van der Waals surface area (Å²) < 4.78 is 29.7. The Hall–Kier alpha value is -1.67. The SMILES string of the molecule is CC12OC3CC(O)(O1)C1CC2(OC2OC(CO)C(O)C(O)C2O)C31COC(=O)c1ccccc1. The highest BCUT2D eigenvalue weighted by molar-refractivity contribution is 5.89. The van der Waals surface area contributed by atoms with Gasteiger partial charge in [0, 0.05) is 12.3 Å². The first-order valence-corrected chi connectivity index (χ1v) is 11.4. The Bertz CT molecular complexity index is 988. The first-order chi connectivity index (χ1) is 16.1. The zero-order chi connectivity index (χ0) is 24.1. The normalized spacial score (nSPS) is 52.5. The molecule has 5 aliphatic heterocycles. The molecule has 11 heteroatoms. The van der Waals surface area contributed by atoms with Gasteiger partial charge >= 0.3 is 5.97 Å². The summed E-state index contributed by atoms with van der Waals surface area (Å²) in [4.78, 5) is 12.7. The van der Waals surface area contributed by atoms with Crippen molar-refractivity contribution in [1.29, 1.82) is 0 Å². The van der Waals surface area contributed by atoms with Crippen LogP contribution in [0.2, 0.25) is 0 Å².